The molecule has 0 unspecified atom stereocenters. The molecule has 1 atom stereocenters. The van der Waals surface area contributed by atoms with E-state index in [1.807, 2.05) is 32.6 Å². The number of esters is 1. The van der Waals surface area contributed by atoms with Crippen LogP contribution in [0.15, 0.2) is 0 Å². The van der Waals surface area contributed by atoms with Crippen molar-refractivity contribution in [3.63, 3.8) is 0 Å². The zero-order valence-electron chi connectivity index (χ0n) is 11.2. The molecule has 5 heteroatoms. The average Bonchev–Trinajstić information content (AvgIpc) is 2.12. The van der Waals surface area contributed by atoms with Crippen LogP contribution in [-0.2, 0) is 14.3 Å². The van der Waals surface area contributed by atoms with Gasteiger partial charge in [-0.25, -0.2) is 0 Å². The van der Waals surface area contributed by atoms with Gasteiger partial charge in [0.05, 0.1) is 5.92 Å². The van der Waals surface area contributed by atoms with E-state index < -0.39 is 5.60 Å². The van der Waals surface area contributed by atoms with Crippen molar-refractivity contribution in [2.45, 2.75) is 39.3 Å². The molecule has 0 saturated carbocycles. The van der Waals surface area contributed by atoms with Gasteiger partial charge in [0.1, 0.15) is 11.6 Å². The second kappa shape index (κ2) is 5.04. The van der Waals surface area contributed by atoms with Crippen LogP contribution in [0.2, 0.25) is 0 Å². The van der Waals surface area contributed by atoms with Crippen molar-refractivity contribution in [1.29, 1.82) is 0 Å². The summed E-state index contributed by atoms with van der Waals surface area (Å²) >= 11 is 0. The van der Waals surface area contributed by atoms with E-state index in [9.17, 15) is 9.59 Å². The Hall–Kier alpha value is -1.10. The van der Waals surface area contributed by atoms with Crippen LogP contribution in [-0.4, -0.2) is 48.6 Å². The van der Waals surface area contributed by atoms with Crippen LogP contribution < -0.4 is 5.32 Å². The minimum absolute atomic E-state index is 0.00452. The maximum absolute atomic E-state index is 11.8. The topological polar surface area (TPSA) is 58.6 Å². The Morgan fingerprint density at radius 2 is 1.88 bits per heavy atom. The number of ether oxygens (including phenoxy) is 1. The molecular formula is C12H22N2O3. The predicted octanol–water partition coefficient (Wildman–Crippen LogP) is 0.394. The Kier molecular flexibility index (Phi) is 4.14. The van der Waals surface area contributed by atoms with E-state index in [1.165, 1.54) is 0 Å². The highest BCUT2D eigenvalue weighted by Crippen LogP contribution is 2.20. The van der Waals surface area contributed by atoms with Crippen LogP contribution in [0.5, 0.6) is 0 Å². The Bertz CT molecular complexity index is 303. The molecule has 0 aliphatic carbocycles. The SMILES string of the molecule is CNC(=O)C1CN([C@@H](C)C(=O)OC(C)(C)C)C1. The van der Waals surface area contributed by atoms with E-state index >= 15 is 0 Å². The van der Waals surface area contributed by atoms with Crippen molar-refractivity contribution in [3.8, 4) is 0 Å². The fraction of sp³-hybridized carbons (Fsp3) is 0.833. The number of hydrogen-bond donors (Lipinski definition) is 1. The maximum atomic E-state index is 11.8. The second-order valence-corrected chi connectivity index (χ2v) is 5.47. The minimum atomic E-state index is -0.462. The Labute approximate surface area is 102 Å². The van der Waals surface area contributed by atoms with Crippen LogP contribution in [0.4, 0.5) is 0 Å². The van der Waals surface area contributed by atoms with Gasteiger partial charge in [-0.1, -0.05) is 0 Å². The van der Waals surface area contributed by atoms with Crippen molar-refractivity contribution in [2.75, 3.05) is 20.1 Å². The van der Waals surface area contributed by atoms with Gasteiger partial charge < -0.3 is 10.1 Å². The summed E-state index contributed by atoms with van der Waals surface area (Å²) in [7, 11) is 1.63. The maximum Gasteiger partial charge on any atom is 0.323 e. The molecule has 0 bridgehead atoms. The zero-order chi connectivity index (χ0) is 13.2. The summed E-state index contributed by atoms with van der Waals surface area (Å²) in [5, 5.41) is 2.61. The van der Waals surface area contributed by atoms with Crippen molar-refractivity contribution in [2.24, 2.45) is 5.92 Å². The third kappa shape index (κ3) is 3.70. The van der Waals surface area contributed by atoms with Gasteiger partial charge in [-0.3, -0.25) is 14.5 Å². The van der Waals surface area contributed by atoms with Crippen molar-refractivity contribution >= 4 is 11.9 Å². The quantitative estimate of drug-likeness (QED) is 0.728. The predicted molar refractivity (Wildman–Crippen MR) is 64.4 cm³/mol. The fourth-order valence-electron chi connectivity index (χ4n) is 1.73. The Morgan fingerprint density at radius 3 is 2.29 bits per heavy atom. The number of nitrogens with zero attached hydrogens (tertiary/aromatic N) is 1. The molecule has 0 radical (unpaired) electrons. The number of likely N-dealkylation sites (tertiary alicyclic amines) is 1. The van der Waals surface area contributed by atoms with Gasteiger partial charge in [-0.2, -0.15) is 0 Å². The third-order valence-corrected chi connectivity index (χ3v) is 2.82. The molecular weight excluding hydrogens is 220 g/mol. The fourth-order valence-corrected chi connectivity index (χ4v) is 1.73. The summed E-state index contributed by atoms with van der Waals surface area (Å²) in [6.45, 7) is 8.61. The third-order valence-electron chi connectivity index (χ3n) is 2.82. The first-order valence-electron chi connectivity index (χ1n) is 5.93. The molecule has 0 aromatic rings. The lowest BCUT2D eigenvalue weighted by Gasteiger charge is -2.41. The normalized spacial score (nSPS) is 19.4. The van der Waals surface area contributed by atoms with Crippen molar-refractivity contribution < 1.29 is 14.3 Å². The summed E-state index contributed by atoms with van der Waals surface area (Å²) in [6, 6.07) is -0.282. The Balaban J connectivity index is 2.39. The number of carbonyl (C=O) groups is 2. The highest BCUT2D eigenvalue weighted by Gasteiger charge is 2.38. The monoisotopic (exact) mass is 242 g/mol. The van der Waals surface area contributed by atoms with Gasteiger partial charge in [0.2, 0.25) is 5.91 Å². The molecule has 1 heterocycles. The van der Waals surface area contributed by atoms with Crippen LogP contribution >= 0.6 is 0 Å². The average molecular weight is 242 g/mol. The van der Waals surface area contributed by atoms with E-state index in [4.69, 9.17) is 4.74 Å². The molecule has 0 aromatic heterocycles. The molecule has 17 heavy (non-hydrogen) atoms. The molecule has 0 aromatic carbocycles. The molecule has 1 fully saturated rings. The summed E-state index contributed by atoms with van der Waals surface area (Å²) in [5.74, 6) is -0.185. The molecule has 98 valence electrons. The molecule has 1 aliphatic heterocycles. The van der Waals surface area contributed by atoms with Gasteiger partial charge in [0.25, 0.3) is 0 Å². The first-order valence-corrected chi connectivity index (χ1v) is 5.93. The minimum Gasteiger partial charge on any atom is -0.459 e. The first-order chi connectivity index (χ1) is 7.74. The standard InChI is InChI=1S/C12H22N2O3/c1-8(11(16)17-12(2,3)4)14-6-9(7-14)10(15)13-5/h8-9H,6-7H2,1-5H3,(H,13,15)/t8-/m0/s1. The van der Waals surface area contributed by atoms with Gasteiger partial charge in [-0.15, -0.1) is 0 Å². The first kappa shape index (κ1) is 14.0. The summed E-state index contributed by atoms with van der Waals surface area (Å²) in [6.07, 6.45) is 0. The zero-order valence-corrected chi connectivity index (χ0v) is 11.2. The number of rotatable bonds is 3. The summed E-state index contributed by atoms with van der Waals surface area (Å²) in [4.78, 5) is 25.0. The van der Waals surface area contributed by atoms with Crippen molar-refractivity contribution in [1.82, 2.24) is 10.2 Å². The lowest BCUT2D eigenvalue weighted by molar-refractivity contribution is -0.164. The van der Waals surface area contributed by atoms with Crippen LogP contribution in [0.3, 0.4) is 0 Å². The van der Waals surface area contributed by atoms with E-state index in [0.717, 1.165) is 0 Å². The van der Waals surface area contributed by atoms with Crippen LogP contribution in [0, 0.1) is 5.92 Å². The molecule has 1 aliphatic rings. The Morgan fingerprint density at radius 1 is 1.35 bits per heavy atom. The molecule has 1 rings (SSSR count). The van der Waals surface area contributed by atoms with Crippen LogP contribution in [0.25, 0.3) is 0 Å². The molecule has 1 amide bonds. The second-order valence-electron chi connectivity index (χ2n) is 5.47. The molecule has 5 nitrogen and oxygen atoms in total. The van der Waals surface area contributed by atoms with Gasteiger partial charge in [-0.05, 0) is 27.7 Å². The number of carbonyl (C=O) groups excluding carboxylic acids is 2. The summed E-state index contributed by atoms with van der Waals surface area (Å²) in [5.41, 5.74) is -0.462. The molecule has 1 N–H and O–H groups in total. The summed E-state index contributed by atoms with van der Waals surface area (Å²) < 4.78 is 5.30. The van der Waals surface area contributed by atoms with Gasteiger partial charge in [0.15, 0.2) is 0 Å². The van der Waals surface area contributed by atoms with E-state index in [2.05, 4.69) is 5.32 Å². The molecule has 0 spiro atoms. The van der Waals surface area contributed by atoms with E-state index in [-0.39, 0.29) is 23.8 Å². The number of hydrogen-bond acceptors (Lipinski definition) is 4. The largest absolute Gasteiger partial charge is 0.459 e. The number of amides is 1. The highest BCUT2D eigenvalue weighted by atomic mass is 16.6. The highest BCUT2D eigenvalue weighted by molar-refractivity contribution is 5.81. The van der Waals surface area contributed by atoms with E-state index in [0.29, 0.717) is 13.1 Å². The smallest absolute Gasteiger partial charge is 0.323 e. The lowest BCUT2D eigenvalue weighted by Crippen LogP contribution is -2.58. The van der Waals surface area contributed by atoms with E-state index in [1.54, 1.807) is 7.05 Å². The van der Waals surface area contributed by atoms with Gasteiger partial charge >= 0.3 is 5.97 Å². The van der Waals surface area contributed by atoms with Gasteiger partial charge in [0, 0.05) is 20.1 Å². The van der Waals surface area contributed by atoms with Crippen molar-refractivity contribution in [3.05, 3.63) is 0 Å². The molecule has 1 saturated heterocycles. The number of nitrogens with one attached hydrogen (secondary N) is 1. The van der Waals surface area contributed by atoms with Crippen LogP contribution in [0.1, 0.15) is 27.7 Å². The lowest BCUT2D eigenvalue weighted by atomic mass is 9.97.